The van der Waals surface area contributed by atoms with Gasteiger partial charge < -0.3 is 14.3 Å². The van der Waals surface area contributed by atoms with Crippen LogP contribution in [0.25, 0.3) is 0 Å². The molecule has 0 aliphatic rings. The number of hydrogen-bond acceptors (Lipinski definition) is 6. The highest BCUT2D eigenvalue weighted by Gasteiger charge is 2.06. The van der Waals surface area contributed by atoms with Crippen LogP contribution >= 0.6 is 0 Å². The Morgan fingerprint density at radius 3 is 2.70 bits per heavy atom. The molecule has 7 nitrogen and oxygen atoms in total. The number of hydrogen-bond donors (Lipinski definition) is 0. The lowest BCUT2D eigenvalue weighted by Gasteiger charge is -2.06. The number of non-ortho nitro benzene ring substituents is 1. The zero-order valence-corrected chi connectivity index (χ0v) is 12.8. The average molecular weight is 316 g/mol. The zero-order chi connectivity index (χ0) is 16.7. The molecule has 0 aliphatic heterocycles. The van der Waals surface area contributed by atoms with Gasteiger partial charge in [-0.25, -0.2) is 0 Å². The molecule has 7 heteroatoms. The molecule has 0 spiro atoms. The molecule has 0 saturated heterocycles. The van der Waals surface area contributed by atoms with E-state index in [1.807, 2.05) is 0 Å². The predicted molar refractivity (Wildman–Crippen MR) is 85.0 cm³/mol. The second kappa shape index (κ2) is 7.79. The SMILES string of the molecule is COc1ccc(OC)c(/C=N\OCc2cccc([N+](=O)[O-])c2)c1. The second-order valence-electron chi connectivity index (χ2n) is 4.54. The van der Waals surface area contributed by atoms with Crippen molar-refractivity contribution in [2.24, 2.45) is 5.16 Å². The van der Waals surface area contributed by atoms with E-state index in [1.54, 1.807) is 44.6 Å². The van der Waals surface area contributed by atoms with Gasteiger partial charge in [-0.15, -0.1) is 0 Å². The number of benzene rings is 2. The summed E-state index contributed by atoms with van der Waals surface area (Å²) in [6.07, 6.45) is 1.50. The maximum Gasteiger partial charge on any atom is 0.269 e. The number of oxime groups is 1. The lowest BCUT2D eigenvalue weighted by molar-refractivity contribution is -0.384. The van der Waals surface area contributed by atoms with Gasteiger partial charge in [0.15, 0.2) is 0 Å². The lowest BCUT2D eigenvalue weighted by atomic mass is 10.2. The van der Waals surface area contributed by atoms with E-state index in [0.717, 1.165) is 0 Å². The van der Waals surface area contributed by atoms with E-state index in [4.69, 9.17) is 14.3 Å². The molecule has 0 aliphatic carbocycles. The molecular formula is C16H16N2O5. The van der Waals surface area contributed by atoms with Crippen molar-refractivity contribution in [2.75, 3.05) is 14.2 Å². The van der Waals surface area contributed by atoms with Crippen molar-refractivity contribution >= 4 is 11.9 Å². The van der Waals surface area contributed by atoms with Gasteiger partial charge in [-0.05, 0) is 23.8 Å². The molecule has 0 saturated carbocycles. The molecule has 0 amide bonds. The van der Waals surface area contributed by atoms with Crippen molar-refractivity contribution in [3.63, 3.8) is 0 Å². The number of nitrogens with zero attached hydrogens (tertiary/aromatic N) is 2. The summed E-state index contributed by atoms with van der Waals surface area (Å²) in [4.78, 5) is 15.4. The van der Waals surface area contributed by atoms with Crippen LogP contribution in [0.1, 0.15) is 11.1 Å². The Balaban J connectivity index is 2.02. The third-order valence-electron chi connectivity index (χ3n) is 3.06. The Hall–Kier alpha value is -3.09. The van der Waals surface area contributed by atoms with Gasteiger partial charge in [0.1, 0.15) is 18.1 Å². The van der Waals surface area contributed by atoms with Gasteiger partial charge in [0.25, 0.3) is 5.69 Å². The van der Waals surface area contributed by atoms with E-state index >= 15 is 0 Å². The van der Waals surface area contributed by atoms with E-state index in [0.29, 0.717) is 22.6 Å². The number of nitro benzene ring substituents is 1. The quantitative estimate of drug-likeness (QED) is 0.445. The summed E-state index contributed by atoms with van der Waals surface area (Å²) >= 11 is 0. The Kier molecular flexibility index (Phi) is 5.51. The molecule has 0 aromatic heterocycles. The number of methoxy groups -OCH3 is 2. The third kappa shape index (κ3) is 4.44. The van der Waals surface area contributed by atoms with Gasteiger partial charge in [-0.3, -0.25) is 10.1 Å². The first-order chi connectivity index (χ1) is 11.1. The molecule has 0 fully saturated rings. The molecule has 2 aromatic rings. The minimum absolute atomic E-state index is 0.0181. The maximum absolute atomic E-state index is 10.7. The van der Waals surface area contributed by atoms with Crippen molar-refractivity contribution in [2.45, 2.75) is 6.61 Å². The summed E-state index contributed by atoms with van der Waals surface area (Å²) in [5.74, 6) is 1.31. The summed E-state index contributed by atoms with van der Waals surface area (Å²) in [7, 11) is 3.13. The largest absolute Gasteiger partial charge is 0.497 e. The van der Waals surface area contributed by atoms with E-state index in [2.05, 4.69) is 5.16 Å². The monoisotopic (exact) mass is 316 g/mol. The number of ether oxygens (including phenoxy) is 2. The standard InChI is InChI=1S/C16H16N2O5/c1-21-15-6-7-16(22-2)13(9-15)10-17-23-11-12-4-3-5-14(8-12)18(19)20/h3-10H,11H2,1-2H3/b17-10-. The number of nitro groups is 1. The average Bonchev–Trinajstić information content (AvgIpc) is 2.58. The molecular weight excluding hydrogens is 300 g/mol. The van der Waals surface area contributed by atoms with Gasteiger partial charge in [0.2, 0.25) is 0 Å². The molecule has 0 heterocycles. The second-order valence-corrected chi connectivity index (χ2v) is 4.54. The van der Waals surface area contributed by atoms with Crippen LogP contribution in [0, 0.1) is 10.1 Å². The van der Waals surface area contributed by atoms with Crippen molar-refractivity contribution in [1.82, 2.24) is 0 Å². The van der Waals surface area contributed by atoms with Gasteiger partial charge >= 0.3 is 0 Å². The van der Waals surface area contributed by atoms with Crippen molar-refractivity contribution in [3.05, 3.63) is 63.7 Å². The Morgan fingerprint density at radius 1 is 1.17 bits per heavy atom. The fraction of sp³-hybridized carbons (Fsp3) is 0.188. The molecule has 2 aromatic carbocycles. The highest BCUT2D eigenvalue weighted by molar-refractivity contribution is 5.83. The zero-order valence-electron chi connectivity index (χ0n) is 12.8. The molecule has 0 bridgehead atoms. The Bertz CT molecular complexity index is 715. The van der Waals surface area contributed by atoms with Gasteiger partial charge in [-0.1, -0.05) is 17.3 Å². The summed E-state index contributed by atoms with van der Waals surface area (Å²) in [5, 5.41) is 14.6. The third-order valence-corrected chi connectivity index (χ3v) is 3.06. The van der Waals surface area contributed by atoms with Crippen LogP contribution in [-0.4, -0.2) is 25.4 Å². The first-order valence-corrected chi connectivity index (χ1v) is 6.74. The summed E-state index contributed by atoms with van der Waals surface area (Å²) in [6.45, 7) is 0.129. The van der Waals surface area contributed by atoms with Crippen LogP contribution < -0.4 is 9.47 Å². The minimum Gasteiger partial charge on any atom is -0.497 e. The highest BCUT2D eigenvalue weighted by atomic mass is 16.6. The summed E-state index contributed by atoms with van der Waals surface area (Å²) in [6, 6.07) is 11.5. The van der Waals surface area contributed by atoms with Crippen LogP contribution in [0.3, 0.4) is 0 Å². The lowest BCUT2D eigenvalue weighted by Crippen LogP contribution is -1.94. The van der Waals surface area contributed by atoms with E-state index in [9.17, 15) is 10.1 Å². The first kappa shape index (κ1) is 16.3. The number of rotatable bonds is 7. The van der Waals surface area contributed by atoms with Crippen LogP contribution in [0.15, 0.2) is 47.6 Å². The molecule has 0 N–H and O–H groups in total. The minimum atomic E-state index is -0.451. The fourth-order valence-electron chi connectivity index (χ4n) is 1.91. The smallest absolute Gasteiger partial charge is 0.269 e. The molecule has 0 unspecified atom stereocenters. The highest BCUT2D eigenvalue weighted by Crippen LogP contribution is 2.22. The van der Waals surface area contributed by atoms with Crippen molar-refractivity contribution in [3.8, 4) is 11.5 Å². The predicted octanol–water partition coefficient (Wildman–Crippen LogP) is 3.16. The van der Waals surface area contributed by atoms with Gasteiger partial charge in [0.05, 0.1) is 25.4 Å². The van der Waals surface area contributed by atoms with Crippen LogP contribution in [0.2, 0.25) is 0 Å². The molecule has 23 heavy (non-hydrogen) atoms. The molecule has 120 valence electrons. The van der Waals surface area contributed by atoms with E-state index < -0.39 is 4.92 Å². The van der Waals surface area contributed by atoms with Crippen LogP contribution in [0.5, 0.6) is 11.5 Å². The Labute approximate surface area is 133 Å². The molecule has 0 radical (unpaired) electrons. The first-order valence-electron chi connectivity index (χ1n) is 6.74. The Morgan fingerprint density at radius 2 is 2.00 bits per heavy atom. The topological polar surface area (TPSA) is 83.2 Å². The molecule has 2 rings (SSSR count). The van der Waals surface area contributed by atoms with E-state index in [-0.39, 0.29) is 12.3 Å². The van der Waals surface area contributed by atoms with E-state index in [1.165, 1.54) is 18.3 Å². The van der Waals surface area contributed by atoms with Crippen molar-refractivity contribution < 1.29 is 19.2 Å². The van der Waals surface area contributed by atoms with Crippen LogP contribution in [0.4, 0.5) is 5.69 Å². The van der Waals surface area contributed by atoms with Crippen LogP contribution in [-0.2, 0) is 11.4 Å². The van der Waals surface area contributed by atoms with Gasteiger partial charge in [0, 0.05) is 17.7 Å². The van der Waals surface area contributed by atoms with Crippen molar-refractivity contribution in [1.29, 1.82) is 0 Å². The fourth-order valence-corrected chi connectivity index (χ4v) is 1.91. The summed E-state index contributed by atoms with van der Waals surface area (Å²) in [5.41, 5.74) is 1.38. The van der Waals surface area contributed by atoms with Gasteiger partial charge in [-0.2, -0.15) is 0 Å². The normalized spacial score (nSPS) is 10.5. The maximum atomic E-state index is 10.7. The molecule has 0 atom stereocenters. The summed E-state index contributed by atoms with van der Waals surface area (Å²) < 4.78 is 10.4.